The predicted molar refractivity (Wildman–Crippen MR) is 85.2 cm³/mol. The number of benzene rings is 1. The van der Waals surface area contributed by atoms with Crippen molar-refractivity contribution in [2.45, 2.75) is 65.3 Å². The molecule has 1 heterocycles. The summed E-state index contributed by atoms with van der Waals surface area (Å²) >= 11 is 0. The second kappa shape index (κ2) is 5.40. The molecule has 0 amide bonds. The molecule has 1 aliphatic heterocycles. The molecule has 1 aromatic carbocycles. The van der Waals surface area contributed by atoms with Crippen LogP contribution in [-0.4, -0.2) is 6.61 Å². The van der Waals surface area contributed by atoms with E-state index in [2.05, 4.69) is 52.8 Å². The Kier molecular flexibility index (Phi) is 4.15. The molecule has 1 aliphatic rings. The largest absolute Gasteiger partial charge is 0.493 e. The number of nitrogens with two attached hydrogens (primary N) is 1. The van der Waals surface area contributed by atoms with Gasteiger partial charge in [0, 0.05) is 11.6 Å². The van der Waals surface area contributed by atoms with Gasteiger partial charge in [0.25, 0.3) is 0 Å². The quantitative estimate of drug-likeness (QED) is 0.858. The van der Waals surface area contributed by atoms with Gasteiger partial charge in [-0.1, -0.05) is 40.7 Å². The van der Waals surface area contributed by atoms with Crippen LogP contribution in [0.2, 0.25) is 0 Å². The van der Waals surface area contributed by atoms with E-state index in [1.54, 1.807) is 0 Å². The zero-order chi connectivity index (χ0) is 15.0. The van der Waals surface area contributed by atoms with Gasteiger partial charge in [0.05, 0.1) is 6.61 Å². The van der Waals surface area contributed by atoms with E-state index in [4.69, 9.17) is 10.5 Å². The van der Waals surface area contributed by atoms with Gasteiger partial charge >= 0.3 is 0 Å². The van der Waals surface area contributed by atoms with Crippen LogP contribution < -0.4 is 10.5 Å². The van der Waals surface area contributed by atoms with Gasteiger partial charge in [-0.05, 0) is 47.8 Å². The number of ether oxygens (including phenoxy) is 1. The van der Waals surface area contributed by atoms with Gasteiger partial charge < -0.3 is 10.5 Å². The summed E-state index contributed by atoms with van der Waals surface area (Å²) < 4.78 is 5.81. The van der Waals surface area contributed by atoms with Crippen LogP contribution >= 0.6 is 0 Å². The van der Waals surface area contributed by atoms with Gasteiger partial charge in [0.1, 0.15) is 5.75 Å². The summed E-state index contributed by atoms with van der Waals surface area (Å²) in [5.74, 6) is 0.977. The van der Waals surface area contributed by atoms with Crippen molar-refractivity contribution in [3.63, 3.8) is 0 Å². The Balaban J connectivity index is 2.34. The minimum Gasteiger partial charge on any atom is -0.493 e. The molecule has 0 saturated heterocycles. The number of fused-ring (bicyclic) bond motifs is 1. The number of hydrogen-bond acceptors (Lipinski definition) is 2. The van der Waals surface area contributed by atoms with E-state index in [1.165, 1.54) is 11.1 Å². The van der Waals surface area contributed by atoms with E-state index in [-0.39, 0.29) is 11.5 Å². The molecule has 2 N–H and O–H groups in total. The van der Waals surface area contributed by atoms with E-state index in [1.807, 2.05) is 0 Å². The van der Waals surface area contributed by atoms with Gasteiger partial charge in [-0.15, -0.1) is 0 Å². The first-order chi connectivity index (χ1) is 9.19. The van der Waals surface area contributed by atoms with Gasteiger partial charge in [0.15, 0.2) is 0 Å². The third-order valence-electron chi connectivity index (χ3n) is 4.08. The first kappa shape index (κ1) is 15.4. The van der Waals surface area contributed by atoms with Crippen LogP contribution in [0.1, 0.15) is 71.0 Å². The second-order valence-electron chi connectivity index (χ2n) is 7.97. The van der Waals surface area contributed by atoms with Gasteiger partial charge in [-0.2, -0.15) is 0 Å². The fourth-order valence-corrected chi connectivity index (χ4v) is 3.46. The molecule has 2 heteroatoms. The molecule has 0 aliphatic carbocycles. The van der Waals surface area contributed by atoms with Crippen molar-refractivity contribution < 1.29 is 4.74 Å². The maximum absolute atomic E-state index is 6.31. The standard InChI is InChI=1S/C18H29NO/c1-17(2,3)12-18(4,5)13-8-9-16-14(11-13)15(19)7-6-10-20-16/h8-9,11,15H,6-7,10,12,19H2,1-5H3. The van der Waals surface area contributed by atoms with Crippen LogP contribution in [0, 0.1) is 5.41 Å². The highest BCUT2D eigenvalue weighted by Gasteiger charge is 2.28. The van der Waals surface area contributed by atoms with Gasteiger partial charge in [-0.3, -0.25) is 0 Å². The normalized spacial score (nSPS) is 20.0. The Bertz CT molecular complexity index is 471. The van der Waals surface area contributed by atoms with E-state index in [0.717, 1.165) is 31.6 Å². The summed E-state index contributed by atoms with van der Waals surface area (Å²) in [6.07, 6.45) is 3.20. The fraction of sp³-hybridized carbons (Fsp3) is 0.667. The summed E-state index contributed by atoms with van der Waals surface area (Å²) in [4.78, 5) is 0. The molecule has 2 rings (SSSR count). The molecule has 0 radical (unpaired) electrons. The van der Waals surface area contributed by atoms with Crippen LogP contribution in [0.25, 0.3) is 0 Å². The number of hydrogen-bond donors (Lipinski definition) is 1. The van der Waals surface area contributed by atoms with Gasteiger partial charge in [-0.25, -0.2) is 0 Å². The maximum atomic E-state index is 6.31. The van der Waals surface area contributed by atoms with E-state index in [0.29, 0.717) is 5.41 Å². The fourth-order valence-electron chi connectivity index (χ4n) is 3.46. The molecule has 0 saturated carbocycles. The van der Waals surface area contributed by atoms with Crippen molar-refractivity contribution in [3.8, 4) is 5.75 Å². The Morgan fingerprint density at radius 3 is 2.55 bits per heavy atom. The average molecular weight is 275 g/mol. The molecule has 0 aromatic heterocycles. The van der Waals surface area contributed by atoms with E-state index in [9.17, 15) is 0 Å². The van der Waals surface area contributed by atoms with Crippen molar-refractivity contribution in [2.24, 2.45) is 11.1 Å². The smallest absolute Gasteiger partial charge is 0.124 e. The van der Waals surface area contributed by atoms with Crippen LogP contribution in [0.5, 0.6) is 5.75 Å². The summed E-state index contributed by atoms with van der Waals surface area (Å²) in [5.41, 5.74) is 9.32. The van der Waals surface area contributed by atoms with Crippen molar-refractivity contribution in [1.29, 1.82) is 0 Å². The minimum atomic E-state index is 0.109. The third kappa shape index (κ3) is 3.54. The molecule has 20 heavy (non-hydrogen) atoms. The molecular weight excluding hydrogens is 246 g/mol. The highest BCUT2D eigenvalue weighted by molar-refractivity contribution is 5.42. The van der Waals surface area contributed by atoms with E-state index >= 15 is 0 Å². The molecule has 0 bridgehead atoms. The van der Waals surface area contributed by atoms with Crippen molar-refractivity contribution in [2.75, 3.05) is 6.61 Å². The zero-order valence-corrected chi connectivity index (χ0v) is 13.6. The summed E-state index contributed by atoms with van der Waals surface area (Å²) in [6, 6.07) is 6.71. The van der Waals surface area contributed by atoms with Crippen LogP contribution in [-0.2, 0) is 5.41 Å². The zero-order valence-electron chi connectivity index (χ0n) is 13.6. The first-order valence-corrected chi connectivity index (χ1v) is 7.72. The van der Waals surface area contributed by atoms with Crippen molar-refractivity contribution in [1.82, 2.24) is 0 Å². The molecule has 0 spiro atoms. The topological polar surface area (TPSA) is 35.2 Å². The molecule has 0 fully saturated rings. The molecule has 112 valence electrons. The van der Waals surface area contributed by atoms with E-state index < -0.39 is 0 Å². The molecular formula is C18H29NO. The van der Waals surface area contributed by atoms with Crippen molar-refractivity contribution in [3.05, 3.63) is 29.3 Å². The Hall–Kier alpha value is -1.02. The Labute approximate surface area is 123 Å². The lowest BCUT2D eigenvalue weighted by Crippen LogP contribution is -2.25. The maximum Gasteiger partial charge on any atom is 0.124 e. The molecule has 1 aromatic rings. The summed E-state index contributed by atoms with van der Waals surface area (Å²) in [6.45, 7) is 12.3. The summed E-state index contributed by atoms with van der Waals surface area (Å²) in [7, 11) is 0. The Morgan fingerprint density at radius 2 is 1.90 bits per heavy atom. The predicted octanol–water partition coefficient (Wildman–Crippen LogP) is 4.57. The molecule has 1 unspecified atom stereocenters. The Morgan fingerprint density at radius 1 is 1.20 bits per heavy atom. The molecule has 2 nitrogen and oxygen atoms in total. The van der Waals surface area contributed by atoms with Crippen LogP contribution in [0.15, 0.2) is 18.2 Å². The SMILES string of the molecule is CC(C)(C)CC(C)(C)c1ccc2c(c1)C(N)CCCO2. The lowest BCUT2D eigenvalue weighted by atomic mass is 9.72. The summed E-state index contributed by atoms with van der Waals surface area (Å²) in [5, 5.41) is 0. The monoisotopic (exact) mass is 275 g/mol. The van der Waals surface area contributed by atoms with Crippen LogP contribution in [0.3, 0.4) is 0 Å². The van der Waals surface area contributed by atoms with Crippen molar-refractivity contribution >= 4 is 0 Å². The third-order valence-corrected chi connectivity index (χ3v) is 4.08. The second-order valence-corrected chi connectivity index (χ2v) is 7.97. The first-order valence-electron chi connectivity index (χ1n) is 7.72. The van der Waals surface area contributed by atoms with Crippen LogP contribution in [0.4, 0.5) is 0 Å². The van der Waals surface area contributed by atoms with Gasteiger partial charge in [0.2, 0.25) is 0 Å². The highest BCUT2D eigenvalue weighted by atomic mass is 16.5. The lowest BCUT2D eigenvalue weighted by molar-refractivity contribution is 0.283. The molecule has 1 atom stereocenters. The highest BCUT2D eigenvalue weighted by Crippen LogP contribution is 2.39. The lowest BCUT2D eigenvalue weighted by Gasteiger charge is -2.33. The number of rotatable bonds is 2. The average Bonchev–Trinajstić information content (AvgIpc) is 2.48. The minimum absolute atomic E-state index is 0.109.